The number of amides is 2. The second-order valence-electron chi connectivity index (χ2n) is 9.87. The Balaban J connectivity index is 2.01. The van der Waals surface area contributed by atoms with E-state index in [0.29, 0.717) is 23.7 Å². The van der Waals surface area contributed by atoms with Crippen LogP contribution >= 0.6 is 11.6 Å². The van der Waals surface area contributed by atoms with Gasteiger partial charge in [-0.15, -0.1) is 0 Å². The Morgan fingerprint density at radius 2 is 1.54 bits per heavy atom. The van der Waals surface area contributed by atoms with Crippen molar-refractivity contribution < 1.29 is 18.0 Å². The monoisotopic (exact) mass is 569 g/mol. The molecule has 0 fully saturated rings. The lowest BCUT2D eigenvalue weighted by Gasteiger charge is -2.33. The minimum Gasteiger partial charge on any atom is -0.354 e. The molecule has 0 aromatic heterocycles. The molecule has 3 aromatic carbocycles. The molecule has 0 aliphatic carbocycles. The van der Waals surface area contributed by atoms with E-state index in [-0.39, 0.29) is 23.3 Å². The summed E-state index contributed by atoms with van der Waals surface area (Å²) in [7, 11) is -4.13. The van der Waals surface area contributed by atoms with Crippen LogP contribution in [-0.4, -0.2) is 44.3 Å². The van der Waals surface area contributed by atoms with E-state index in [1.807, 2.05) is 52.0 Å². The maximum atomic E-state index is 14.0. The Morgan fingerprint density at radius 3 is 2.10 bits per heavy atom. The molecule has 2 amide bonds. The van der Waals surface area contributed by atoms with Gasteiger partial charge >= 0.3 is 0 Å². The van der Waals surface area contributed by atoms with Crippen LogP contribution < -0.4 is 9.62 Å². The first-order valence-corrected chi connectivity index (χ1v) is 14.8. The first-order chi connectivity index (χ1) is 18.5. The second kappa shape index (κ2) is 13.6. The van der Waals surface area contributed by atoms with E-state index >= 15 is 0 Å². The van der Waals surface area contributed by atoms with Gasteiger partial charge < -0.3 is 10.2 Å². The highest BCUT2D eigenvalue weighted by Crippen LogP contribution is 2.25. The molecule has 7 nitrogen and oxygen atoms in total. The van der Waals surface area contributed by atoms with E-state index in [9.17, 15) is 18.0 Å². The van der Waals surface area contributed by atoms with Gasteiger partial charge in [0.05, 0.1) is 10.6 Å². The van der Waals surface area contributed by atoms with Gasteiger partial charge in [0.2, 0.25) is 11.8 Å². The molecule has 0 saturated carbocycles. The van der Waals surface area contributed by atoms with E-state index in [1.165, 1.54) is 29.2 Å². The molecule has 208 valence electrons. The SMILES string of the molecule is CC[C@@H](C(=O)NCC(C)C)N(Cc1ccc(C)cc1)C(=O)CN(c1ccccc1)S(=O)(=O)c1ccc(Cl)cc1. The van der Waals surface area contributed by atoms with E-state index in [2.05, 4.69) is 5.32 Å². The molecule has 0 spiro atoms. The fraction of sp³-hybridized carbons (Fsp3) is 0.333. The molecule has 0 bridgehead atoms. The lowest BCUT2D eigenvalue weighted by molar-refractivity contribution is -0.140. The highest BCUT2D eigenvalue weighted by molar-refractivity contribution is 7.92. The quantitative estimate of drug-likeness (QED) is 0.315. The number of anilines is 1. The third kappa shape index (κ3) is 8.07. The summed E-state index contributed by atoms with van der Waals surface area (Å²) in [5.41, 5.74) is 2.26. The van der Waals surface area contributed by atoms with Crippen LogP contribution in [0, 0.1) is 12.8 Å². The maximum absolute atomic E-state index is 14.0. The summed E-state index contributed by atoms with van der Waals surface area (Å²) in [6, 6.07) is 21.2. The fourth-order valence-corrected chi connectivity index (χ4v) is 5.63. The average molecular weight is 570 g/mol. The number of nitrogens with zero attached hydrogens (tertiary/aromatic N) is 2. The fourth-order valence-electron chi connectivity index (χ4n) is 4.09. The molecule has 0 saturated heterocycles. The maximum Gasteiger partial charge on any atom is 0.264 e. The highest BCUT2D eigenvalue weighted by Gasteiger charge is 2.33. The van der Waals surface area contributed by atoms with Crippen molar-refractivity contribution in [2.75, 3.05) is 17.4 Å². The van der Waals surface area contributed by atoms with Crippen molar-refractivity contribution in [3.8, 4) is 0 Å². The molecule has 3 aromatic rings. The summed E-state index contributed by atoms with van der Waals surface area (Å²) >= 11 is 5.99. The van der Waals surface area contributed by atoms with Gasteiger partial charge in [-0.2, -0.15) is 0 Å². The van der Waals surface area contributed by atoms with Crippen molar-refractivity contribution in [3.63, 3.8) is 0 Å². The zero-order valence-electron chi connectivity index (χ0n) is 22.8. The summed E-state index contributed by atoms with van der Waals surface area (Å²) in [5.74, 6) is -0.507. The molecular formula is C30H36ClN3O4S. The number of halogens is 1. The minimum absolute atomic E-state index is 0.00959. The number of benzene rings is 3. The Hall–Kier alpha value is -3.36. The van der Waals surface area contributed by atoms with Crippen LogP contribution in [0.15, 0.2) is 83.8 Å². The van der Waals surface area contributed by atoms with Gasteiger partial charge in [-0.3, -0.25) is 13.9 Å². The Labute approximate surface area is 236 Å². The predicted octanol–water partition coefficient (Wildman–Crippen LogP) is 5.42. The van der Waals surface area contributed by atoms with E-state index < -0.39 is 28.5 Å². The summed E-state index contributed by atoms with van der Waals surface area (Å²) < 4.78 is 28.6. The number of hydrogen-bond acceptors (Lipinski definition) is 4. The van der Waals surface area contributed by atoms with Gasteiger partial charge in [0.25, 0.3) is 10.0 Å². The second-order valence-corrected chi connectivity index (χ2v) is 12.2. The number of aryl methyl sites for hydroxylation is 1. The molecule has 0 aliphatic heterocycles. The van der Waals surface area contributed by atoms with Crippen LogP contribution in [0.2, 0.25) is 5.02 Å². The number of carbonyl (C=O) groups excluding carboxylic acids is 2. The lowest BCUT2D eigenvalue weighted by atomic mass is 10.1. The van der Waals surface area contributed by atoms with E-state index in [4.69, 9.17) is 11.6 Å². The Morgan fingerprint density at radius 1 is 0.923 bits per heavy atom. The van der Waals surface area contributed by atoms with Crippen LogP contribution in [0.1, 0.15) is 38.3 Å². The van der Waals surface area contributed by atoms with Crippen molar-refractivity contribution in [2.24, 2.45) is 5.92 Å². The molecule has 3 rings (SSSR count). The largest absolute Gasteiger partial charge is 0.354 e. The van der Waals surface area contributed by atoms with Crippen molar-refractivity contribution in [3.05, 3.63) is 95.0 Å². The lowest BCUT2D eigenvalue weighted by Crippen LogP contribution is -2.52. The van der Waals surface area contributed by atoms with E-state index in [0.717, 1.165) is 15.4 Å². The van der Waals surface area contributed by atoms with Crippen molar-refractivity contribution in [1.82, 2.24) is 10.2 Å². The van der Waals surface area contributed by atoms with Crippen LogP contribution in [0.25, 0.3) is 0 Å². The molecule has 1 N–H and O–H groups in total. The first kappa shape index (κ1) is 30.2. The van der Waals surface area contributed by atoms with Gasteiger partial charge in [-0.05, 0) is 61.2 Å². The van der Waals surface area contributed by atoms with E-state index in [1.54, 1.807) is 30.3 Å². The average Bonchev–Trinajstić information content (AvgIpc) is 2.92. The molecule has 0 unspecified atom stereocenters. The number of rotatable bonds is 12. The third-order valence-electron chi connectivity index (χ3n) is 6.27. The molecule has 1 atom stereocenters. The minimum atomic E-state index is -4.13. The first-order valence-electron chi connectivity index (χ1n) is 13.0. The highest BCUT2D eigenvalue weighted by atomic mass is 35.5. The summed E-state index contributed by atoms with van der Waals surface area (Å²) in [6.45, 7) is 7.97. The smallest absolute Gasteiger partial charge is 0.264 e. The summed E-state index contributed by atoms with van der Waals surface area (Å²) in [4.78, 5) is 28.7. The molecular weight excluding hydrogens is 534 g/mol. The molecule has 0 heterocycles. The number of hydrogen-bond donors (Lipinski definition) is 1. The molecule has 39 heavy (non-hydrogen) atoms. The number of nitrogens with one attached hydrogen (secondary N) is 1. The molecule has 9 heteroatoms. The summed E-state index contributed by atoms with van der Waals surface area (Å²) in [5, 5.41) is 3.33. The van der Waals surface area contributed by atoms with Crippen LogP contribution in [-0.2, 0) is 26.2 Å². The number of carbonyl (C=O) groups is 2. The van der Waals surface area contributed by atoms with Gasteiger partial charge in [0.15, 0.2) is 0 Å². The zero-order chi connectivity index (χ0) is 28.6. The van der Waals surface area contributed by atoms with Gasteiger partial charge in [0.1, 0.15) is 12.6 Å². The summed E-state index contributed by atoms with van der Waals surface area (Å²) in [6.07, 6.45) is 0.372. The molecule has 0 radical (unpaired) electrons. The zero-order valence-corrected chi connectivity index (χ0v) is 24.4. The van der Waals surface area contributed by atoms with Gasteiger partial charge in [0, 0.05) is 18.1 Å². The number of para-hydroxylation sites is 1. The topological polar surface area (TPSA) is 86.8 Å². The molecule has 0 aliphatic rings. The van der Waals surface area contributed by atoms with Crippen LogP contribution in [0.4, 0.5) is 5.69 Å². The van der Waals surface area contributed by atoms with Crippen molar-refractivity contribution in [1.29, 1.82) is 0 Å². The van der Waals surface area contributed by atoms with Gasteiger partial charge in [-0.1, -0.05) is 80.4 Å². The van der Waals surface area contributed by atoms with Gasteiger partial charge in [-0.25, -0.2) is 8.42 Å². The predicted molar refractivity (Wildman–Crippen MR) is 156 cm³/mol. The van der Waals surface area contributed by atoms with Crippen LogP contribution in [0.5, 0.6) is 0 Å². The van der Waals surface area contributed by atoms with Crippen molar-refractivity contribution >= 4 is 39.1 Å². The normalized spacial score (nSPS) is 12.2. The standard InChI is InChI=1S/C30H36ClN3O4S/c1-5-28(30(36)32-19-22(2)3)33(20-24-13-11-23(4)12-14-24)29(35)21-34(26-9-7-6-8-10-26)39(37,38)27-17-15-25(31)16-18-27/h6-18,22,28H,5,19-21H2,1-4H3,(H,32,36)/t28-/m0/s1. The Kier molecular flexibility index (Phi) is 10.5. The van der Waals surface area contributed by atoms with Crippen LogP contribution in [0.3, 0.4) is 0 Å². The number of sulfonamides is 1. The van der Waals surface area contributed by atoms with Crippen molar-refractivity contribution in [2.45, 2.75) is 51.6 Å². The Bertz CT molecular complexity index is 1350. The third-order valence-corrected chi connectivity index (χ3v) is 8.31.